The third kappa shape index (κ3) is 3.70. The Labute approximate surface area is 163 Å². The van der Waals surface area contributed by atoms with Crippen molar-refractivity contribution in [1.82, 2.24) is 13.9 Å². The normalized spacial score (nSPS) is 19.2. The summed E-state index contributed by atoms with van der Waals surface area (Å²) in [7, 11) is -6.30. The van der Waals surface area contributed by atoms with Crippen LogP contribution in [0.1, 0.15) is 6.92 Å². The molecule has 1 aromatic heterocycles. The number of hydrogen-bond donors (Lipinski definition) is 1. The molecule has 0 radical (unpaired) electrons. The number of sulfone groups is 1. The third-order valence-corrected chi connectivity index (χ3v) is 8.65. The highest BCUT2D eigenvalue weighted by Crippen LogP contribution is 2.22. The van der Waals surface area contributed by atoms with Gasteiger partial charge in [0.1, 0.15) is 5.37 Å². The standard InChI is InChI=1S/C15H22N6O5S2/c1-3-18(2)28(24,25)19-9-10-20(21-11-14(16)26-17-21)15(12-19)27(22,23)13-7-5-4-6-8-13/h4-8,11,15-16H,3,9-10,12H2,1-2H3. The SMILES string of the molecule is CCN(C)S(=O)(=O)N1CCN([n+]2cc(=N)o[n-]2)C(S(=O)(=O)c2ccccc2)C1. The van der Waals surface area contributed by atoms with Crippen LogP contribution in [0.25, 0.3) is 0 Å². The summed E-state index contributed by atoms with van der Waals surface area (Å²) < 4.78 is 59.1. The molecule has 1 unspecified atom stereocenters. The van der Waals surface area contributed by atoms with Gasteiger partial charge < -0.3 is 4.52 Å². The van der Waals surface area contributed by atoms with Gasteiger partial charge in [-0.15, -0.1) is 0 Å². The topological polar surface area (TPSA) is 133 Å². The fraction of sp³-hybridized carbons (Fsp3) is 0.467. The van der Waals surface area contributed by atoms with E-state index < -0.39 is 25.4 Å². The zero-order valence-electron chi connectivity index (χ0n) is 15.5. The Bertz CT molecular complexity index is 1080. The van der Waals surface area contributed by atoms with Crippen molar-refractivity contribution < 1.29 is 26.1 Å². The molecule has 1 saturated heterocycles. The van der Waals surface area contributed by atoms with Gasteiger partial charge in [0.05, 0.1) is 4.90 Å². The molecule has 2 heterocycles. The van der Waals surface area contributed by atoms with Crippen molar-refractivity contribution in [2.45, 2.75) is 17.2 Å². The van der Waals surface area contributed by atoms with Crippen LogP contribution in [0.5, 0.6) is 0 Å². The van der Waals surface area contributed by atoms with E-state index in [0.717, 1.165) is 9.10 Å². The van der Waals surface area contributed by atoms with Crippen molar-refractivity contribution in [3.05, 3.63) is 42.1 Å². The number of nitrogens with zero attached hydrogens (tertiary/aromatic N) is 5. The van der Waals surface area contributed by atoms with E-state index in [-0.39, 0.29) is 36.6 Å². The van der Waals surface area contributed by atoms with Crippen molar-refractivity contribution in [2.75, 3.05) is 38.2 Å². The van der Waals surface area contributed by atoms with E-state index in [1.165, 1.54) is 34.7 Å². The fourth-order valence-corrected chi connectivity index (χ4v) is 6.11. The van der Waals surface area contributed by atoms with Gasteiger partial charge in [-0.3, -0.25) is 10.4 Å². The zero-order valence-corrected chi connectivity index (χ0v) is 17.1. The maximum absolute atomic E-state index is 13.3. The summed E-state index contributed by atoms with van der Waals surface area (Å²) >= 11 is 0. The van der Waals surface area contributed by atoms with Gasteiger partial charge in [-0.25, -0.2) is 8.42 Å². The Balaban J connectivity index is 2.04. The molecule has 1 aliphatic rings. The minimum Gasteiger partial charge on any atom is -0.380 e. The van der Waals surface area contributed by atoms with E-state index in [1.54, 1.807) is 25.1 Å². The van der Waals surface area contributed by atoms with Crippen molar-refractivity contribution in [2.24, 2.45) is 0 Å². The van der Waals surface area contributed by atoms with E-state index in [1.807, 2.05) is 0 Å². The number of benzene rings is 1. The van der Waals surface area contributed by atoms with Crippen LogP contribution in [0.3, 0.4) is 0 Å². The van der Waals surface area contributed by atoms with Crippen LogP contribution in [-0.2, 0) is 20.0 Å². The molecule has 154 valence electrons. The summed E-state index contributed by atoms with van der Waals surface area (Å²) in [4.78, 5) is 1.21. The summed E-state index contributed by atoms with van der Waals surface area (Å²) in [5.74, 6) is 0. The minimum absolute atomic E-state index is 0.0597. The third-order valence-electron chi connectivity index (χ3n) is 4.58. The van der Waals surface area contributed by atoms with Gasteiger partial charge in [-0.2, -0.15) is 17.0 Å². The van der Waals surface area contributed by atoms with Gasteiger partial charge in [0.25, 0.3) is 22.0 Å². The Kier molecular flexibility index (Phi) is 5.61. The molecule has 1 N–H and O–H groups in total. The predicted molar refractivity (Wildman–Crippen MR) is 97.4 cm³/mol. The molecule has 1 aliphatic heterocycles. The van der Waals surface area contributed by atoms with Crippen molar-refractivity contribution in [3.8, 4) is 0 Å². The van der Waals surface area contributed by atoms with Gasteiger partial charge in [0.15, 0.2) is 9.84 Å². The molecular weight excluding hydrogens is 408 g/mol. The second-order valence-electron chi connectivity index (χ2n) is 6.24. The van der Waals surface area contributed by atoms with E-state index in [0.29, 0.717) is 0 Å². The highest BCUT2D eigenvalue weighted by Gasteiger charge is 2.42. The van der Waals surface area contributed by atoms with E-state index in [9.17, 15) is 16.8 Å². The number of piperazine rings is 1. The highest BCUT2D eigenvalue weighted by atomic mass is 32.2. The second-order valence-corrected chi connectivity index (χ2v) is 10.4. The van der Waals surface area contributed by atoms with Crippen LogP contribution >= 0.6 is 0 Å². The van der Waals surface area contributed by atoms with Gasteiger partial charge in [-0.1, -0.05) is 29.9 Å². The maximum Gasteiger partial charge on any atom is 0.286 e. The minimum atomic E-state index is -3.94. The Morgan fingerprint density at radius 2 is 1.93 bits per heavy atom. The van der Waals surface area contributed by atoms with Crippen LogP contribution in [0, 0.1) is 5.41 Å². The Hall–Kier alpha value is -2.22. The molecule has 0 spiro atoms. The summed E-state index contributed by atoms with van der Waals surface area (Å²) in [6.45, 7) is 1.81. The first-order valence-electron chi connectivity index (χ1n) is 8.55. The van der Waals surface area contributed by atoms with Crippen molar-refractivity contribution >= 4 is 20.0 Å². The molecule has 0 aliphatic carbocycles. The molecule has 0 bridgehead atoms. The number of nitrogens with one attached hydrogen (secondary N) is 1. The van der Waals surface area contributed by atoms with Gasteiger partial charge in [0, 0.05) is 33.2 Å². The molecule has 0 amide bonds. The Morgan fingerprint density at radius 1 is 1.25 bits per heavy atom. The molecule has 13 heteroatoms. The lowest BCUT2D eigenvalue weighted by atomic mass is 10.4. The molecule has 1 atom stereocenters. The summed E-state index contributed by atoms with van der Waals surface area (Å²) in [5.41, 5.74) is -0.239. The molecule has 2 aromatic rings. The average Bonchev–Trinajstić information content (AvgIpc) is 3.13. The molecule has 0 saturated carbocycles. The van der Waals surface area contributed by atoms with Gasteiger partial charge in [0.2, 0.25) is 0 Å². The quantitative estimate of drug-likeness (QED) is 0.538. The summed E-state index contributed by atoms with van der Waals surface area (Å²) in [6, 6.07) is 7.82. The average molecular weight is 431 g/mol. The molecule has 28 heavy (non-hydrogen) atoms. The molecule has 3 rings (SSSR count). The molecule has 1 aromatic carbocycles. The second kappa shape index (κ2) is 7.66. The lowest BCUT2D eigenvalue weighted by Crippen LogP contribution is -2.73. The lowest BCUT2D eigenvalue weighted by Gasteiger charge is -2.41. The van der Waals surface area contributed by atoms with Crippen LogP contribution in [-0.4, -0.2) is 64.0 Å². The number of rotatable bonds is 6. The molecular formula is C15H22N6O5S2. The van der Waals surface area contributed by atoms with Gasteiger partial charge in [-0.05, 0) is 17.4 Å². The largest absolute Gasteiger partial charge is 0.380 e. The number of hydrogen-bond acceptors (Lipinski definition) is 7. The van der Waals surface area contributed by atoms with Crippen LogP contribution in [0.2, 0.25) is 0 Å². The lowest BCUT2D eigenvalue weighted by molar-refractivity contribution is -0.765. The van der Waals surface area contributed by atoms with Crippen molar-refractivity contribution in [1.29, 1.82) is 5.41 Å². The smallest absolute Gasteiger partial charge is 0.286 e. The predicted octanol–water partition coefficient (Wildman–Crippen LogP) is -1.75. The highest BCUT2D eigenvalue weighted by molar-refractivity contribution is 7.92. The molecule has 1 fully saturated rings. The van der Waals surface area contributed by atoms with Crippen molar-refractivity contribution in [3.63, 3.8) is 0 Å². The first-order chi connectivity index (χ1) is 13.2. The monoisotopic (exact) mass is 430 g/mol. The molecule has 11 nitrogen and oxygen atoms in total. The van der Waals surface area contributed by atoms with Crippen LogP contribution in [0.4, 0.5) is 0 Å². The first-order valence-corrected chi connectivity index (χ1v) is 11.5. The van der Waals surface area contributed by atoms with Gasteiger partial charge >= 0.3 is 0 Å². The maximum atomic E-state index is 13.3. The summed E-state index contributed by atoms with van der Waals surface area (Å²) in [5, 5.41) is 11.3. The van der Waals surface area contributed by atoms with Crippen LogP contribution in [0.15, 0.2) is 45.9 Å². The fourth-order valence-electron chi connectivity index (χ4n) is 2.91. The van der Waals surface area contributed by atoms with E-state index in [4.69, 9.17) is 9.93 Å². The number of aromatic nitrogens is 2. The van der Waals surface area contributed by atoms with Crippen LogP contribution < -0.4 is 20.6 Å². The van der Waals surface area contributed by atoms with E-state index in [2.05, 4.69) is 5.27 Å². The Morgan fingerprint density at radius 3 is 2.50 bits per heavy atom. The zero-order chi connectivity index (χ0) is 20.5. The summed E-state index contributed by atoms with van der Waals surface area (Å²) in [6.07, 6.45) is 1.23. The van der Waals surface area contributed by atoms with E-state index >= 15 is 0 Å². The first kappa shape index (κ1) is 20.5.